The Balaban J connectivity index is 2.36. The van der Waals surface area contributed by atoms with E-state index in [1.54, 1.807) is 7.05 Å². The normalized spacial score (nSPS) is 17.6. The molecule has 1 aliphatic rings. The third kappa shape index (κ3) is 2.99. The van der Waals surface area contributed by atoms with Gasteiger partial charge >= 0.3 is 0 Å². The number of halogens is 2. The van der Waals surface area contributed by atoms with Crippen molar-refractivity contribution in [1.29, 1.82) is 0 Å². The van der Waals surface area contributed by atoms with Gasteiger partial charge in [0.2, 0.25) is 10.0 Å². The van der Waals surface area contributed by atoms with E-state index in [9.17, 15) is 12.8 Å². The van der Waals surface area contributed by atoms with Crippen LogP contribution in [0.4, 0.5) is 10.1 Å². The first-order valence-electron chi connectivity index (χ1n) is 6.56. The van der Waals surface area contributed by atoms with E-state index in [1.165, 1.54) is 10.4 Å². The minimum atomic E-state index is -3.70. The highest BCUT2D eigenvalue weighted by molar-refractivity contribution is 9.10. The largest absolute Gasteiger partial charge is 0.398 e. The van der Waals surface area contributed by atoms with E-state index in [-0.39, 0.29) is 21.1 Å². The highest BCUT2D eigenvalue weighted by Gasteiger charge is 2.31. The van der Waals surface area contributed by atoms with Crippen LogP contribution >= 0.6 is 15.9 Å². The molecule has 0 heterocycles. The van der Waals surface area contributed by atoms with Gasteiger partial charge in [-0.05, 0) is 40.9 Å². The average Bonchev–Trinajstić information content (AvgIpc) is 2.42. The molecule has 1 aliphatic carbocycles. The second-order valence-electron chi connectivity index (χ2n) is 5.12. The van der Waals surface area contributed by atoms with Gasteiger partial charge in [-0.2, -0.15) is 4.31 Å². The van der Waals surface area contributed by atoms with Crippen molar-refractivity contribution < 1.29 is 12.8 Å². The van der Waals surface area contributed by atoms with Crippen molar-refractivity contribution in [2.45, 2.75) is 43.0 Å². The van der Waals surface area contributed by atoms with E-state index < -0.39 is 15.8 Å². The van der Waals surface area contributed by atoms with Gasteiger partial charge < -0.3 is 5.73 Å². The maximum Gasteiger partial charge on any atom is 0.245 e. The molecule has 7 heteroatoms. The number of benzene rings is 1. The van der Waals surface area contributed by atoms with Gasteiger partial charge in [-0.3, -0.25) is 0 Å². The molecule has 2 rings (SSSR count). The Hall–Kier alpha value is -0.660. The van der Waals surface area contributed by atoms with Crippen LogP contribution in [0.5, 0.6) is 0 Å². The number of sulfonamides is 1. The molecule has 1 aromatic rings. The predicted molar refractivity (Wildman–Crippen MR) is 80.3 cm³/mol. The summed E-state index contributed by atoms with van der Waals surface area (Å²) in [5.74, 6) is -0.568. The number of nitrogens with two attached hydrogens (primary N) is 1. The van der Waals surface area contributed by atoms with Crippen LogP contribution in [-0.4, -0.2) is 25.8 Å². The molecule has 1 aromatic carbocycles. The predicted octanol–water partition coefficient (Wildman–Crippen LogP) is 3.12. The third-order valence-electron chi connectivity index (χ3n) is 3.80. The zero-order valence-electron chi connectivity index (χ0n) is 11.3. The van der Waals surface area contributed by atoms with Crippen molar-refractivity contribution in [1.82, 2.24) is 4.31 Å². The van der Waals surface area contributed by atoms with Crippen LogP contribution in [0.2, 0.25) is 0 Å². The smallest absolute Gasteiger partial charge is 0.245 e. The van der Waals surface area contributed by atoms with Gasteiger partial charge in [-0.15, -0.1) is 0 Å². The molecule has 1 fully saturated rings. The minimum absolute atomic E-state index is 0.00280. The summed E-state index contributed by atoms with van der Waals surface area (Å²) in [6, 6.07) is 2.27. The van der Waals surface area contributed by atoms with Crippen LogP contribution in [0, 0.1) is 5.82 Å². The van der Waals surface area contributed by atoms with Gasteiger partial charge in [-0.25, -0.2) is 12.8 Å². The van der Waals surface area contributed by atoms with Crippen molar-refractivity contribution in [2.75, 3.05) is 12.8 Å². The summed E-state index contributed by atoms with van der Waals surface area (Å²) in [4.78, 5) is -0.0427. The lowest BCUT2D eigenvalue weighted by Crippen LogP contribution is -2.38. The Kier molecular flexibility index (Phi) is 4.71. The Morgan fingerprint density at radius 1 is 1.30 bits per heavy atom. The molecule has 0 unspecified atom stereocenters. The topological polar surface area (TPSA) is 63.4 Å². The van der Waals surface area contributed by atoms with Gasteiger partial charge in [0, 0.05) is 13.1 Å². The van der Waals surface area contributed by atoms with Crippen molar-refractivity contribution in [3.63, 3.8) is 0 Å². The standard InChI is InChI=1S/C13H18BrFN2O2S/c1-17(9-5-3-2-4-6-9)20(18,19)13-7-10(14)11(15)8-12(13)16/h7-9H,2-6,16H2,1H3. The number of nitrogens with zero attached hydrogens (tertiary/aromatic N) is 1. The lowest BCUT2D eigenvalue weighted by Gasteiger charge is -2.30. The second kappa shape index (κ2) is 5.99. The fourth-order valence-corrected chi connectivity index (χ4v) is 4.60. The number of rotatable bonds is 3. The molecule has 112 valence electrons. The average molecular weight is 365 g/mol. The molecule has 0 atom stereocenters. The SMILES string of the molecule is CN(C1CCCCC1)S(=O)(=O)c1cc(Br)c(F)cc1N. The molecule has 20 heavy (non-hydrogen) atoms. The van der Waals surface area contributed by atoms with E-state index in [2.05, 4.69) is 15.9 Å². The molecular weight excluding hydrogens is 347 g/mol. The summed E-state index contributed by atoms with van der Waals surface area (Å²) in [5.41, 5.74) is 5.62. The van der Waals surface area contributed by atoms with Crippen LogP contribution < -0.4 is 5.73 Å². The molecule has 0 saturated heterocycles. The Morgan fingerprint density at radius 2 is 1.90 bits per heavy atom. The van der Waals surface area contributed by atoms with Gasteiger partial charge in [0.05, 0.1) is 10.2 Å². The van der Waals surface area contributed by atoms with Crippen molar-refractivity contribution in [3.8, 4) is 0 Å². The Morgan fingerprint density at radius 3 is 2.50 bits per heavy atom. The molecule has 4 nitrogen and oxygen atoms in total. The van der Waals surface area contributed by atoms with Crippen LogP contribution in [0.1, 0.15) is 32.1 Å². The molecule has 0 aromatic heterocycles. The zero-order valence-corrected chi connectivity index (χ0v) is 13.7. The molecule has 0 radical (unpaired) electrons. The summed E-state index contributed by atoms with van der Waals surface area (Å²) in [6.07, 6.45) is 4.94. The van der Waals surface area contributed by atoms with E-state index in [4.69, 9.17) is 5.73 Å². The summed E-state index contributed by atoms with van der Waals surface area (Å²) in [5, 5.41) is 0. The Labute approximate surface area is 127 Å². The van der Waals surface area contributed by atoms with E-state index in [1.807, 2.05) is 0 Å². The van der Waals surface area contributed by atoms with Crippen LogP contribution in [0.3, 0.4) is 0 Å². The summed E-state index contributed by atoms with van der Waals surface area (Å²) < 4.78 is 40.1. The van der Waals surface area contributed by atoms with Gasteiger partial charge in [0.15, 0.2) is 0 Å². The lowest BCUT2D eigenvalue weighted by atomic mass is 9.96. The number of anilines is 1. The number of nitrogen functional groups attached to an aromatic ring is 1. The molecule has 0 aliphatic heterocycles. The molecule has 0 bridgehead atoms. The first-order valence-corrected chi connectivity index (χ1v) is 8.80. The monoisotopic (exact) mass is 364 g/mol. The first-order chi connectivity index (χ1) is 9.34. The summed E-state index contributed by atoms with van der Waals surface area (Å²) in [7, 11) is -2.13. The van der Waals surface area contributed by atoms with Crippen LogP contribution in [-0.2, 0) is 10.0 Å². The fourth-order valence-electron chi connectivity index (χ4n) is 2.56. The first kappa shape index (κ1) is 15.7. The molecule has 0 amide bonds. The third-order valence-corrected chi connectivity index (χ3v) is 6.37. The van der Waals surface area contributed by atoms with Gasteiger partial charge in [-0.1, -0.05) is 19.3 Å². The molecule has 2 N–H and O–H groups in total. The van der Waals surface area contributed by atoms with E-state index in [0.29, 0.717) is 0 Å². The molecule has 1 saturated carbocycles. The summed E-state index contributed by atoms with van der Waals surface area (Å²) in [6.45, 7) is 0. The maximum absolute atomic E-state index is 13.4. The molecule has 0 spiro atoms. The number of hydrogen-bond acceptors (Lipinski definition) is 3. The zero-order chi connectivity index (χ0) is 14.9. The highest BCUT2D eigenvalue weighted by Crippen LogP contribution is 2.31. The molecular formula is C13H18BrFN2O2S. The lowest BCUT2D eigenvalue weighted by molar-refractivity contribution is 0.286. The van der Waals surface area contributed by atoms with Gasteiger partial charge in [0.1, 0.15) is 10.7 Å². The van der Waals surface area contributed by atoms with Gasteiger partial charge in [0.25, 0.3) is 0 Å². The van der Waals surface area contributed by atoms with E-state index >= 15 is 0 Å². The van der Waals surface area contributed by atoms with Crippen LogP contribution in [0.25, 0.3) is 0 Å². The second-order valence-corrected chi connectivity index (χ2v) is 7.94. The van der Waals surface area contributed by atoms with Crippen LogP contribution in [0.15, 0.2) is 21.5 Å². The number of hydrogen-bond donors (Lipinski definition) is 1. The quantitative estimate of drug-likeness (QED) is 0.838. The highest BCUT2D eigenvalue weighted by atomic mass is 79.9. The Bertz CT molecular complexity index is 601. The summed E-state index contributed by atoms with van der Waals surface area (Å²) >= 11 is 3.00. The van der Waals surface area contributed by atoms with Crippen molar-refractivity contribution in [2.24, 2.45) is 0 Å². The van der Waals surface area contributed by atoms with E-state index in [0.717, 1.165) is 38.2 Å². The minimum Gasteiger partial charge on any atom is -0.398 e. The fraction of sp³-hybridized carbons (Fsp3) is 0.538. The van der Waals surface area contributed by atoms with Crippen molar-refractivity contribution in [3.05, 3.63) is 22.4 Å². The maximum atomic E-state index is 13.4. The van der Waals surface area contributed by atoms with Crippen molar-refractivity contribution >= 4 is 31.6 Å².